The summed E-state index contributed by atoms with van der Waals surface area (Å²) in [5.74, 6) is -0.582. The van der Waals surface area contributed by atoms with Crippen LogP contribution in [0, 0.1) is 6.92 Å². The van der Waals surface area contributed by atoms with E-state index in [1.54, 1.807) is 32.2 Å². The van der Waals surface area contributed by atoms with E-state index in [0.29, 0.717) is 16.8 Å². The lowest BCUT2D eigenvalue weighted by atomic mass is 10.1. The summed E-state index contributed by atoms with van der Waals surface area (Å²) in [6.45, 7) is 1.77. The molecule has 0 bridgehead atoms. The number of rotatable bonds is 3. The highest BCUT2D eigenvalue weighted by molar-refractivity contribution is 6.04. The molecule has 0 aliphatic heterocycles. The average Bonchev–Trinajstić information content (AvgIpc) is 2.94. The van der Waals surface area contributed by atoms with Gasteiger partial charge in [-0.05, 0) is 24.6 Å². The maximum absolute atomic E-state index is 11.8. The summed E-state index contributed by atoms with van der Waals surface area (Å²) in [6, 6.07) is 5.12. The van der Waals surface area contributed by atoms with E-state index < -0.39 is 0 Å². The van der Waals surface area contributed by atoms with E-state index in [2.05, 4.69) is 26.0 Å². The van der Waals surface area contributed by atoms with Crippen molar-refractivity contribution < 1.29 is 9.59 Å². The topological polar surface area (TPSA) is 99.8 Å². The van der Waals surface area contributed by atoms with Crippen LogP contribution in [0.1, 0.15) is 26.4 Å². The first kappa shape index (κ1) is 12.7. The van der Waals surface area contributed by atoms with Gasteiger partial charge in [0.15, 0.2) is 5.69 Å². The molecule has 1 aromatic carbocycles. The summed E-state index contributed by atoms with van der Waals surface area (Å²) in [4.78, 5) is 23.5. The largest absolute Gasteiger partial charge is 0.355 e. The molecular weight excluding hydrogens is 246 g/mol. The molecule has 0 saturated heterocycles. The van der Waals surface area contributed by atoms with E-state index in [-0.39, 0.29) is 17.5 Å². The second kappa shape index (κ2) is 5.30. The molecule has 0 saturated carbocycles. The molecule has 19 heavy (non-hydrogen) atoms. The fourth-order valence-electron chi connectivity index (χ4n) is 1.65. The highest BCUT2D eigenvalue weighted by Crippen LogP contribution is 2.19. The Balaban J connectivity index is 2.26. The molecule has 3 N–H and O–H groups in total. The number of aromatic amines is 1. The second-order valence-corrected chi connectivity index (χ2v) is 3.87. The maximum Gasteiger partial charge on any atom is 0.277 e. The third-order valence-corrected chi connectivity index (χ3v) is 2.70. The van der Waals surface area contributed by atoms with Gasteiger partial charge in [0.1, 0.15) is 0 Å². The fraction of sp³-hybridized carbons (Fsp3) is 0.167. The lowest BCUT2D eigenvalue weighted by Crippen LogP contribution is -2.20. The molecule has 0 atom stereocenters. The monoisotopic (exact) mass is 259 g/mol. The zero-order chi connectivity index (χ0) is 13.8. The highest BCUT2D eigenvalue weighted by Gasteiger charge is 2.14. The molecule has 2 aromatic rings. The Morgan fingerprint density at radius 3 is 2.68 bits per heavy atom. The van der Waals surface area contributed by atoms with Crippen molar-refractivity contribution in [3.05, 3.63) is 41.2 Å². The molecule has 2 rings (SSSR count). The van der Waals surface area contributed by atoms with Gasteiger partial charge >= 0.3 is 0 Å². The number of H-pyrrole nitrogens is 1. The first-order valence-electron chi connectivity index (χ1n) is 5.62. The summed E-state index contributed by atoms with van der Waals surface area (Å²) >= 11 is 0. The summed E-state index contributed by atoms with van der Waals surface area (Å²) in [6.07, 6.45) is 1.33. The number of nitrogens with zero attached hydrogens (tertiary/aromatic N) is 2. The molecule has 1 heterocycles. The van der Waals surface area contributed by atoms with Gasteiger partial charge in [-0.2, -0.15) is 15.4 Å². The summed E-state index contributed by atoms with van der Waals surface area (Å²) in [7, 11) is 1.56. The lowest BCUT2D eigenvalue weighted by molar-refractivity contribution is 0.0960. The van der Waals surface area contributed by atoms with Crippen LogP contribution in [0.4, 0.5) is 5.69 Å². The molecule has 7 nitrogen and oxygen atoms in total. The minimum atomic E-state index is -0.383. The van der Waals surface area contributed by atoms with E-state index in [9.17, 15) is 9.59 Å². The summed E-state index contributed by atoms with van der Waals surface area (Å²) < 4.78 is 0. The van der Waals surface area contributed by atoms with E-state index in [1.807, 2.05) is 0 Å². The zero-order valence-electron chi connectivity index (χ0n) is 10.5. The minimum Gasteiger partial charge on any atom is -0.355 e. The Morgan fingerprint density at radius 2 is 2.05 bits per heavy atom. The van der Waals surface area contributed by atoms with E-state index in [4.69, 9.17) is 0 Å². The van der Waals surface area contributed by atoms with Gasteiger partial charge in [0.05, 0.1) is 6.20 Å². The first-order chi connectivity index (χ1) is 9.13. The van der Waals surface area contributed by atoms with E-state index in [0.717, 1.165) is 0 Å². The van der Waals surface area contributed by atoms with Crippen molar-refractivity contribution in [2.45, 2.75) is 6.92 Å². The second-order valence-electron chi connectivity index (χ2n) is 3.87. The Morgan fingerprint density at radius 1 is 1.26 bits per heavy atom. The number of hydrogen-bond donors (Lipinski definition) is 3. The van der Waals surface area contributed by atoms with Crippen LogP contribution in [0.3, 0.4) is 0 Å². The molecule has 0 fully saturated rings. The standard InChI is InChI=1S/C12H13N5O2/c1-7-8(11(18)13-2)4-3-5-9(7)15-12(19)10-6-14-17-16-10/h3-6H,1-2H3,(H,13,18)(H,15,19)(H,14,16,17). The van der Waals surface area contributed by atoms with Crippen LogP contribution in [0.15, 0.2) is 24.4 Å². The molecule has 0 aliphatic rings. The van der Waals surface area contributed by atoms with Gasteiger partial charge in [0.25, 0.3) is 11.8 Å². The molecule has 98 valence electrons. The number of nitrogens with one attached hydrogen (secondary N) is 3. The third kappa shape index (κ3) is 2.59. The zero-order valence-corrected chi connectivity index (χ0v) is 10.5. The van der Waals surface area contributed by atoms with E-state index >= 15 is 0 Å². The number of amides is 2. The maximum atomic E-state index is 11.8. The SMILES string of the molecule is CNC(=O)c1cccc(NC(=O)c2cn[nH]n2)c1C. The molecule has 0 aliphatic carbocycles. The van der Waals surface area contributed by atoms with Crippen LogP contribution in [-0.4, -0.2) is 34.3 Å². The van der Waals surface area contributed by atoms with Gasteiger partial charge in [-0.15, -0.1) is 0 Å². The molecule has 0 radical (unpaired) electrons. The van der Waals surface area contributed by atoms with Crippen molar-refractivity contribution in [2.24, 2.45) is 0 Å². The molecule has 0 unspecified atom stereocenters. The van der Waals surface area contributed by atoms with Crippen molar-refractivity contribution in [2.75, 3.05) is 12.4 Å². The molecule has 2 amide bonds. The Bertz CT molecular complexity index is 607. The van der Waals surface area contributed by atoms with Gasteiger partial charge in [-0.3, -0.25) is 9.59 Å². The van der Waals surface area contributed by atoms with E-state index in [1.165, 1.54) is 6.20 Å². The summed E-state index contributed by atoms with van der Waals surface area (Å²) in [5.41, 5.74) is 1.96. The molecule has 0 spiro atoms. The number of benzene rings is 1. The number of carbonyl (C=O) groups is 2. The van der Waals surface area contributed by atoms with Crippen LogP contribution in [0.2, 0.25) is 0 Å². The number of aromatic nitrogens is 3. The number of anilines is 1. The van der Waals surface area contributed by atoms with Crippen LogP contribution < -0.4 is 10.6 Å². The molecule has 7 heteroatoms. The van der Waals surface area contributed by atoms with Crippen LogP contribution in [-0.2, 0) is 0 Å². The van der Waals surface area contributed by atoms with Crippen molar-refractivity contribution >= 4 is 17.5 Å². The van der Waals surface area contributed by atoms with Crippen molar-refractivity contribution in [3.63, 3.8) is 0 Å². The minimum absolute atomic E-state index is 0.185. The molecule has 1 aromatic heterocycles. The van der Waals surface area contributed by atoms with Gasteiger partial charge in [-0.25, -0.2) is 0 Å². The number of hydrogen-bond acceptors (Lipinski definition) is 4. The van der Waals surface area contributed by atoms with Crippen LogP contribution >= 0.6 is 0 Å². The highest BCUT2D eigenvalue weighted by atomic mass is 16.2. The predicted molar refractivity (Wildman–Crippen MR) is 68.9 cm³/mol. The molecular formula is C12H13N5O2. The first-order valence-corrected chi connectivity index (χ1v) is 5.62. The van der Waals surface area contributed by atoms with Crippen molar-refractivity contribution in [1.29, 1.82) is 0 Å². The van der Waals surface area contributed by atoms with Gasteiger partial charge in [0.2, 0.25) is 0 Å². The average molecular weight is 259 g/mol. The van der Waals surface area contributed by atoms with Crippen molar-refractivity contribution in [3.8, 4) is 0 Å². The van der Waals surface area contributed by atoms with Gasteiger partial charge in [0, 0.05) is 18.3 Å². The van der Waals surface area contributed by atoms with Crippen LogP contribution in [0.25, 0.3) is 0 Å². The van der Waals surface area contributed by atoms with Crippen molar-refractivity contribution in [1.82, 2.24) is 20.7 Å². The Kier molecular flexibility index (Phi) is 3.56. The Hall–Kier alpha value is -2.70. The number of carbonyl (C=O) groups excluding carboxylic acids is 2. The van der Waals surface area contributed by atoms with Crippen LogP contribution in [0.5, 0.6) is 0 Å². The smallest absolute Gasteiger partial charge is 0.277 e. The Labute approximate surface area is 109 Å². The van der Waals surface area contributed by atoms with Gasteiger partial charge in [-0.1, -0.05) is 6.07 Å². The summed E-state index contributed by atoms with van der Waals surface area (Å²) in [5, 5.41) is 14.9. The normalized spacial score (nSPS) is 10.0. The lowest BCUT2D eigenvalue weighted by Gasteiger charge is -2.10. The fourth-order valence-corrected chi connectivity index (χ4v) is 1.65. The van der Waals surface area contributed by atoms with Gasteiger partial charge < -0.3 is 10.6 Å². The predicted octanol–water partition coefficient (Wildman–Crippen LogP) is 0.725. The quantitative estimate of drug-likeness (QED) is 0.756. The third-order valence-electron chi connectivity index (χ3n) is 2.70.